The van der Waals surface area contributed by atoms with Crippen molar-refractivity contribution in [3.05, 3.63) is 39.7 Å². The highest BCUT2D eigenvalue weighted by Crippen LogP contribution is 2.29. The molecular weight excluding hydrogens is 342 g/mol. The smallest absolute Gasteiger partial charge is 0.138 e. The lowest BCUT2D eigenvalue weighted by atomic mass is 10.2. The number of hydrogen-bond acceptors (Lipinski definition) is 4. The summed E-state index contributed by atoms with van der Waals surface area (Å²) in [5, 5.41) is 3.76. The van der Waals surface area contributed by atoms with Gasteiger partial charge in [-0.2, -0.15) is 0 Å². The lowest BCUT2D eigenvalue weighted by Crippen LogP contribution is -2.01. The molecule has 6 heteroatoms. The zero-order valence-electron chi connectivity index (χ0n) is 11.3. The molecule has 0 radical (unpaired) electrons. The molecule has 1 aromatic carbocycles. The lowest BCUT2D eigenvalue weighted by molar-refractivity contribution is 0.415. The van der Waals surface area contributed by atoms with Gasteiger partial charge in [0, 0.05) is 21.8 Å². The third-order valence-electron chi connectivity index (χ3n) is 2.76. The van der Waals surface area contributed by atoms with Crippen LogP contribution in [0, 0.1) is 0 Å². The van der Waals surface area contributed by atoms with Gasteiger partial charge in [0.1, 0.15) is 23.0 Å². The van der Waals surface area contributed by atoms with E-state index < -0.39 is 0 Å². The van der Waals surface area contributed by atoms with E-state index in [0.29, 0.717) is 5.15 Å². The van der Waals surface area contributed by atoms with Crippen molar-refractivity contribution in [2.24, 2.45) is 0 Å². The number of hydrogen-bond donors (Lipinski definition) is 1. The van der Waals surface area contributed by atoms with Crippen LogP contribution >= 0.6 is 27.5 Å². The molecule has 4 nitrogen and oxygen atoms in total. The SMILES string of the molecule is CCCc1c(Cl)ncnc1Nc1cc(Br)cc(OC)c1. The average molecular weight is 357 g/mol. The van der Waals surface area contributed by atoms with Crippen LogP contribution in [0.3, 0.4) is 0 Å². The molecular formula is C14H15BrClN3O. The summed E-state index contributed by atoms with van der Waals surface area (Å²) in [6.45, 7) is 2.09. The molecule has 0 aliphatic rings. The highest BCUT2D eigenvalue weighted by Gasteiger charge is 2.10. The first-order chi connectivity index (χ1) is 9.63. The summed E-state index contributed by atoms with van der Waals surface area (Å²) in [5.41, 5.74) is 1.80. The van der Waals surface area contributed by atoms with Crippen molar-refractivity contribution in [3.8, 4) is 5.75 Å². The Morgan fingerprint density at radius 1 is 1.30 bits per heavy atom. The Bertz CT molecular complexity index is 607. The summed E-state index contributed by atoms with van der Waals surface area (Å²) in [6, 6.07) is 5.75. The van der Waals surface area contributed by atoms with Gasteiger partial charge in [0.2, 0.25) is 0 Å². The molecule has 1 heterocycles. The van der Waals surface area contributed by atoms with Crippen molar-refractivity contribution in [1.82, 2.24) is 9.97 Å². The summed E-state index contributed by atoms with van der Waals surface area (Å²) in [6.07, 6.45) is 3.26. The molecule has 0 bridgehead atoms. The van der Waals surface area contributed by atoms with E-state index in [1.165, 1.54) is 6.33 Å². The number of methoxy groups -OCH3 is 1. The number of aromatic nitrogens is 2. The molecule has 106 valence electrons. The second-order valence-electron chi connectivity index (χ2n) is 4.25. The van der Waals surface area contributed by atoms with Crippen molar-refractivity contribution in [2.45, 2.75) is 19.8 Å². The fourth-order valence-corrected chi connectivity index (χ4v) is 2.56. The summed E-state index contributed by atoms with van der Waals surface area (Å²) in [7, 11) is 1.63. The number of ether oxygens (including phenoxy) is 1. The molecule has 0 saturated heterocycles. The first-order valence-corrected chi connectivity index (χ1v) is 7.42. The molecule has 0 amide bonds. The van der Waals surface area contributed by atoms with Crippen molar-refractivity contribution in [1.29, 1.82) is 0 Å². The Kier molecular flexibility index (Phi) is 5.20. The maximum atomic E-state index is 6.14. The van der Waals surface area contributed by atoms with Gasteiger partial charge >= 0.3 is 0 Å². The minimum atomic E-state index is 0.492. The Labute approximate surface area is 131 Å². The minimum absolute atomic E-state index is 0.492. The second-order valence-corrected chi connectivity index (χ2v) is 5.52. The number of halogens is 2. The van der Waals surface area contributed by atoms with Crippen LogP contribution in [0.1, 0.15) is 18.9 Å². The molecule has 0 aliphatic heterocycles. The van der Waals surface area contributed by atoms with E-state index in [9.17, 15) is 0 Å². The van der Waals surface area contributed by atoms with E-state index in [1.807, 2.05) is 18.2 Å². The van der Waals surface area contributed by atoms with E-state index in [2.05, 4.69) is 38.1 Å². The summed E-state index contributed by atoms with van der Waals surface area (Å²) in [5.74, 6) is 1.49. The van der Waals surface area contributed by atoms with Gasteiger partial charge in [0.25, 0.3) is 0 Å². The van der Waals surface area contributed by atoms with Gasteiger partial charge < -0.3 is 10.1 Å². The summed E-state index contributed by atoms with van der Waals surface area (Å²) in [4.78, 5) is 8.31. The quantitative estimate of drug-likeness (QED) is 0.796. The maximum Gasteiger partial charge on any atom is 0.138 e. The average Bonchev–Trinajstić information content (AvgIpc) is 2.42. The third-order valence-corrected chi connectivity index (χ3v) is 3.55. The highest BCUT2D eigenvalue weighted by molar-refractivity contribution is 9.10. The summed E-state index contributed by atoms with van der Waals surface area (Å²) >= 11 is 9.59. The number of benzene rings is 1. The molecule has 0 atom stereocenters. The molecule has 0 aliphatic carbocycles. The van der Waals surface area contributed by atoms with Crippen LogP contribution in [0.2, 0.25) is 5.15 Å². The molecule has 2 rings (SSSR count). The first kappa shape index (κ1) is 15.1. The van der Waals surface area contributed by atoms with Crippen LogP contribution in [-0.2, 0) is 6.42 Å². The Morgan fingerprint density at radius 3 is 2.80 bits per heavy atom. The topological polar surface area (TPSA) is 47.0 Å². The van der Waals surface area contributed by atoms with Crippen LogP contribution in [0.25, 0.3) is 0 Å². The van der Waals surface area contributed by atoms with Crippen molar-refractivity contribution >= 4 is 39.0 Å². The van der Waals surface area contributed by atoms with E-state index >= 15 is 0 Å². The van der Waals surface area contributed by atoms with Crippen LogP contribution in [0.4, 0.5) is 11.5 Å². The van der Waals surface area contributed by atoms with Crippen LogP contribution in [0.5, 0.6) is 5.75 Å². The highest BCUT2D eigenvalue weighted by atomic mass is 79.9. The van der Waals surface area contributed by atoms with Crippen molar-refractivity contribution in [3.63, 3.8) is 0 Å². The van der Waals surface area contributed by atoms with Crippen LogP contribution < -0.4 is 10.1 Å². The molecule has 1 aromatic heterocycles. The van der Waals surface area contributed by atoms with Gasteiger partial charge in [-0.1, -0.05) is 40.9 Å². The third kappa shape index (κ3) is 3.61. The van der Waals surface area contributed by atoms with Gasteiger partial charge in [-0.3, -0.25) is 0 Å². The largest absolute Gasteiger partial charge is 0.497 e. The molecule has 0 unspecified atom stereocenters. The zero-order chi connectivity index (χ0) is 14.5. The lowest BCUT2D eigenvalue weighted by Gasteiger charge is -2.12. The summed E-state index contributed by atoms with van der Waals surface area (Å²) < 4.78 is 6.17. The standard InChI is InChI=1S/C14H15BrClN3O/c1-3-4-12-13(16)17-8-18-14(12)19-10-5-9(15)6-11(7-10)20-2/h5-8H,3-4H2,1-2H3,(H,17,18,19). The molecule has 1 N–H and O–H groups in total. The number of nitrogens with zero attached hydrogens (tertiary/aromatic N) is 2. The number of anilines is 2. The van der Waals surface area contributed by atoms with Gasteiger partial charge in [0.05, 0.1) is 7.11 Å². The second kappa shape index (κ2) is 6.90. The first-order valence-electron chi connectivity index (χ1n) is 6.25. The normalized spacial score (nSPS) is 10.4. The predicted molar refractivity (Wildman–Crippen MR) is 85.0 cm³/mol. The van der Waals surface area contributed by atoms with Gasteiger partial charge in [-0.25, -0.2) is 9.97 Å². The fourth-order valence-electron chi connectivity index (χ4n) is 1.86. The van der Waals surface area contributed by atoms with E-state index in [0.717, 1.165) is 40.1 Å². The number of rotatable bonds is 5. The maximum absolute atomic E-state index is 6.14. The monoisotopic (exact) mass is 355 g/mol. The molecule has 0 saturated carbocycles. The fraction of sp³-hybridized carbons (Fsp3) is 0.286. The Balaban J connectivity index is 2.34. The Hall–Kier alpha value is -1.33. The van der Waals surface area contributed by atoms with Crippen LogP contribution in [0.15, 0.2) is 29.0 Å². The molecule has 2 aromatic rings. The zero-order valence-corrected chi connectivity index (χ0v) is 13.6. The predicted octanol–water partition coefficient (Wildman–Crippen LogP) is 4.60. The number of nitrogens with one attached hydrogen (secondary N) is 1. The Morgan fingerprint density at radius 2 is 2.10 bits per heavy atom. The van der Waals surface area contributed by atoms with E-state index in [4.69, 9.17) is 16.3 Å². The minimum Gasteiger partial charge on any atom is -0.497 e. The van der Waals surface area contributed by atoms with Crippen LogP contribution in [-0.4, -0.2) is 17.1 Å². The van der Waals surface area contributed by atoms with Gasteiger partial charge in [-0.05, 0) is 18.6 Å². The van der Waals surface area contributed by atoms with Crippen molar-refractivity contribution in [2.75, 3.05) is 12.4 Å². The molecule has 0 fully saturated rings. The van der Waals surface area contributed by atoms with Gasteiger partial charge in [0.15, 0.2) is 0 Å². The molecule has 0 spiro atoms. The van der Waals surface area contributed by atoms with Crippen molar-refractivity contribution < 1.29 is 4.74 Å². The van der Waals surface area contributed by atoms with Gasteiger partial charge in [-0.15, -0.1) is 0 Å². The van der Waals surface area contributed by atoms with E-state index in [-0.39, 0.29) is 0 Å². The van der Waals surface area contributed by atoms with E-state index in [1.54, 1.807) is 7.11 Å². The molecule has 20 heavy (non-hydrogen) atoms.